The first-order valence-electron chi connectivity index (χ1n) is 5.82. The Morgan fingerprint density at radius 3 is 2.84 bits per heavy atom. The Balaban J connectivity index is 2.20. The van der Waals surface area contributed by atoms with Gasteiger partial charge in [0.05, 0.1) is 5.92 Å². The van der Waals surface area contributed by atoms with Crippen LogP contribution in [0.1, 0.15) is 18.5 Å². The van der Waals surface area contributed by atoms with Crippen LogP contribution in [0.2, 0.25) is 0 Å². The lowest BCUT2D eigenvalue weighted by Crippen LogP contribution is -2.42. The maximum absolute atomic E-state index is 12.6. The van der Waals surface area contributed by atoms with Crippen LogP contribution in [-0.4, -0.2) is 29.0 Å². The van der Waals surface area contributed by atoms with Gasteiger partial charge in [-0.3, -0.25) is 4.79 Å². The lowest BCUT2D eigenvalue weighted by Gasteiger charge is -2.31. The molecule has 1 amide bonds. The molecule has 0 spiro atoms. The largest absolute Gasteiger partial charge is 0.433 e. The number of hydrogen-bond donors (Lipinski definition) is 1. The van der Waals surface area contributed by atoms with Gasteiger partial charge in [0.2, 0.25) is 11.9 Å². The summed E-state index contributed by atoms with van der Waals surface area (Å²) in [5.74, 6) is -0.829. The van der Waals surface area contributed by atoms with Crippen molar-refractivity contribution in [1.82, 2.24) is 9.97 Å². The van der Waals surface area contributed by atoms with Crippen molar-refractivity contribution in [2.75, 3.05) is 18.0 Å². The Hall–Kier alpha value is -1.86. The van der Waals surface area contributed by atoms with E-state index in [1.54, 1.807) is 4.90 Å². The summed E-state index contributed by atoms with van der Waals surface area (Å²) < 4.78 is 37.7. The van der Waals surface area contributed by atoms with Gasteiger partial charge in [0, 0.05) is 19.3 Å². The fourth-order valence-electron chi connectivity index (χ4n) is 2.05. The van der Waals surface area contributed by atoms with E-state index in [1.807, 2.05) is 0 Å². The lowest BCUT2D eigenvalue weighted by atomic mass is 9.98. The molecular weight excluding hydrogens is 261 g/mol. The number of amides is 1. The van der Waals surface area contributed by atoms with Crippen LogP contribution in [-0.2, 0) is 11.0 Å². The topological polar surface area (TPSA) is 72.1 Å². The van der Waals surface area contributed by atoms with Gasteiger partial charge in [0.1, 0.15) is 5.69 Å². The lowest BCUT2D eigenvalue weighted by molar-refractivity contribution is -0.141. The number of anilines is 1. The van der Waals surface area contributed by atoms with Crippen LogP contribution in [0.5, 0.6) is 0 Å². The van der Waals surface area contributed by atoms with E-state index in [0.29, 0.717) is 19.4 Å². The summed E-state index contributed by atoms with van der Waals surface area (Å²) in [6.45, 7) is 0.779. The van der Waals surface area contributed by atoms with Gasteiger partial charge in [-0.2, -0.15) is 13.2 Å². The number of piperidine rings is 1. The van der Waals surface area contributed by atoms with E-state index >= 15 is 0 Å². The molecule has 2 N–H and O–H groups in total. The van der Waals surface area contributed by atoms with Gasteiger partial charge in [0.15, 0.2) is 0 Å². The molecule has 8 heteroatoms. The first-order chi connectivity index (χ1) is 8.88. The number of rotatable bonds is 2. The summed E-state index contributed by atoms with van der Waals surface area (Å²) in [5, 5.41) is 0. The molecule has 0 aliphatic carbocycles. The third kappa shape index (κ3) is 3.12. The zero-order valence-corrected chi connectivity index (χ0v) is 10.0. The van der Waals surface area contributed by atoms with E-state index in [0.717, 1.165) is 12.3 Å². The van der Waals surface area contributed by atoms with Gasteiger partial charge in [-0.15, -0.1) is 0 Å². The molecular formula is C11H13F3N4O. The number of alkyl halides is 3. The van der Waals surface area contributed by atoms with Crippen molar-refractivity contribution in [2.24, 2.45) is 11.7 Å². The number of halogens is 3. The van der Waals surface area contributed by atoms with Crippen LogP contribution >= 0.6 is 0 Å². The summed E-state index contributed by atoms with van der Waals surface area (Å²) in [6.07, 6.45) is -2.12. The Morgan fingerprint density at radius 1 is 1.47 bits per heavy atom. The van der Waals surface area contributed by atoms with Crippen LogP contribution < -0.4 is 10.6 Å². The molecule has 1 fully saturated rings. The van der Waals surface area contributed by atoms with E-state index in [-0.39, 0.29) is 18.4 Å². The molecule has 1 unspecified atom stereocenters. The molecule has 0 aromatic carbocycles. The van der Waals surface area contributed by atoms with E-state index in [4.69, 9.17) is 5.73 Å². The predicted molar refractivity (Wildman–Crippen MR) is 61.2 cm³/mol. The second-order valence-corrected chi connectivity index (χ2v) is 4.43. The number of primary amides is 1. The number of nitrogens with two attached hydrogens (primary N) is 1. The first-order valence-corrected chi connectivity index (χ1v) is 5.82. The third-order valence-corrected chi connectivity index (χ3v) is 3.04. The van der Waals surface area contributed by atoms with Crippen molar-refractivity contribution in [3.05, 3.63) is 18.0 Å². The number of carbonyl (C=O) groups is 1. The molecule has 1 aliphatic rings. The summed E-state index contributed by atoms with van der Waals surface area (Å²) in [7, 11) is 0. The van der Waals surface area contributed by atoms with Crippen molar-refractivity contribution >= 4 is 11.9 Å². The van der Waals surface area contributed by atoms with Crippen LogP contribution in [0.3, 0.4) is 0 Å². The van der Waals surface area contributed by atoms with Crippen LogP contribution in [0.4, 0.5) is 19.1 Å². The molecule has 0 radical (unpaired) electrons. The second kappa shape index (κ2) is 5.02. The Bertz CT molecular complexity index is 477. The molecule has 0 bridgehead atoms. The minimum Gasteiger partial charge on any atom is -0.369 e. The molecule has 5 nitrogen and oxygen atoms in total. The summed E-state index contributed by atoms with van der Waals surface area (Å²) in [6, 6.07) is 0.818. The number of aromatic nitrogens is 2. The molecule has 2 rings (SSSR count). The molecule has 2 heterocycles. The highest BCUT2D eigenvalue weighted by atomic mass is 19.4. The van der Waals surface area contributed by atoms with Crippen molar-refractivity contribution in [2.45, 2.75) is 19.0 Å². The Labute approximate surface area is 107 Å². The van der Waals surface area contributed by atoms with Gasteiger partial charge in [0.25, 0.3) is 0 Å². The van der Waals surface area contributed by atoms with Crippen molar-refractivity contribution < 1.29 is 18.0 Å². The van der Waals surface area contributed by atoms with Crippen molar-refractivity contribution in [1.29, 1.82) is 0 Å². The summed E-state index contributed by atoms with van der Waals surface area (Å²) in [5.41, 5.74) is 4.23. The molecule has 1 aliphatic heterocycles. The van der Waals surface area contributed by atoms with Gasteiger partial charge >= 0.3 is 6.18 Å². The van der Waals surface area contributed by atoms with Gasteiger partial charge in [-0.1, -0.05) is 0 Å². The molecule has 104 valence electrons. The Morgan fingerprint density at radius 2 is 2.21 bits per heavy atom. The van der Waals surface area contributed by atoms with E-state index in [1.165, 1.54) is 0 Å². The number of carbonyl (C=O) groups excluding carboxylic acids is 1. The van der Waals surface area contributed by atoms with Crippen LogP contribution in [0, 0.1) is 5.92 Å². The molecule has 0 saturated carbocycles. The predicted octanol–water partition coefficient (Wildman–Crippen LogP) is 1.20. The highest BCUT2D eigenvalue weighted by molar-refractivity contribution is 5.77. The number of nitrogens with zero attached hydrogens (tertiary/aromatic N) is 3. The van der Waals surface area contributed by atoms with Crippen molar-refractivity contribution in [3.63, 3.8) is 0 Å². The first kappa shape index (κ1) is 13.6. The monoisotopic (exact) mass is 274 g/mol. The maximum Gasteiger partial charge on any atom is 0.433 e. The average molecular weight is 274 g/mol. The summed E-state index contributed by atoms with van der Waals surface area (Å²) >= 11 is 0. The maximum atomic E-state index is 12.6. The molecule has 19 heavy (non-hydrogen) atoms. The van der Waals surface area contributed by atoms with Crippen molar-refractivity contribution in [3.8, 4) is 0 Å². The second-order valence-electron chi connectivity index (χ2n) is 4.43. The quantitative estimate of drug-likeness (QED) is 0.879. The van der Waals surface area contributed by atoms with E-state index < -0.39 is 17.8 Å². The zero-order valence-electron chi connectivity index (χ0n) is 10.0. The zero-order chi connectivity index (χ0) is 14.0. The SMILES string of the molecule is NC(=O)C1CCCN(c2nccc(C(F)(F)F)n2)C1. The fraction of sp³-hybridized carbons (Fsp3) is 0.545. The van der Waals surface area contributed by atoms with E-state index in [9.17, 15) is 18.0 Å². The molecule has 1 atom stereocenters. The third-order valence-electron chi connectivity index (χ3n) is 3.04. The molecule has 1 saturated heterocycles. The van der Waals surface area contributed by atoms with Gasteiger partial charge in [-0.05, 0) is 18.9 Å². The normalized spacial score (nSPS) is 20.4. The average Bonchev–Trinajstić information content (AvgIpc) is 2.38. The van der Waals surface area contributed by atoms with Gasteiger partial charge < -0.3 is 10.6 Å². The molecule has 1 aromatic rings. The Kier molecular flexibility index (Phi) is 3.59. The standard InChI is InChI=1S/C11H13F3N4O/c12-11(13,14)8-3-4-16-10(17-8)18-5-1-2-7(6-18)9(15)19/h3-4,7H,1-2,5-6H2,(H2,15,19). The van der Waals surface area contributed by atoms with Gasteiger partial charge in [-0.25, -0.2) is 9.97 Å². The highest BCUT2D eigenvalue weighted by Gasteiger charge is 2.34. The molecule has 1 aromatic heterocycles. The summed E-state index contributed by atoms with van der Waals surface area (Å²) in [4.78, 5) is 20.0. The fourth-order valence-corrected chi connectivity index (χ4v) is 2.05. The van der Waals surface area contributed by atoms with E-state index in [2.05, 4.69) is 9.97 Å². The number of hydrogen-bond acceptors (Lipinski definition) is 4. The highest BCUT2D eigenvalue weighted by Crippen LogP contribution is 2.29. The minimum atomic E-state index is -4.50. The minimum absolute atomic E-state index is 0.0132. The smallest absolute Gasteiger partial charge is 0.369 e. The van der Waals surface area contributed by atoms with Crippen LogP contribution in [0.15, 0.2) is 12.3 Å². The van der Waals surface area contributed by atoms with Crippen LogP contribution in [0.25, 0.3) is 0 Å².